The summed E-state index contributed by atoms with van der Waals surface area (Å²) in [5, 5.41) is 0. The average Bonchev–Trinajstić information content (AvgIpc) is 2.71. The number of benzene rings is 1. The molecule has 0 amide bonds. The minimum atomic E-state index is -0.885. The fourth-order valence-electron chi connectivity index (χ4n) is 2.14. The molecule has 2 aromatic rings. The molecule has 2 rings (SSSR count). The van der Waals surface area contributed by atoms with E-state index in [-0.39, 0.29) is 11.5 Å². The summed E-state index contributed by atoms with van der Waals surface area (Å²) >= 11 is 0. The Morgan fingerprint density at radius 1 is 1.35 bits per heavy atom. The number of anilines is 1. The van der Waals surface area contributed by atoms with E-state index in [2.05, 4.69) is 23.7 Å². The van der Waals surface area contributed by atoms with E-state index in [1.165, 1.54) is 6.07 Å². The van der Waals surface area contributed by atoms with E-state index in [4.69, 9.17) is 5.73 Å². The number of fused-ring (bicyclic) bond motifs is 1. The first-order valence-corrected chi connectivity index (χ1v) is 6.71. The van der Waals surface area contributed by atoms with Crippen LogP contribution in [0.25, 0.3) is 11.0 Å². The number of nitrogens with two attached hydrogens (primary N) is 1. The third kappa shape index (κ3) is 2.75. The van der Waals surface area contributed by atoms with Crippen molar-refractivity contribution in [3.63, 3.8) is 0 Å². The van der Waals surface area contributed by atoms with Crippen LogP contribution in [0.1, 0.15) is 20.3 Å². The van der Waals surface area contributed by atoms with Crippen LogP contribution >= 0.6 is 0 Å². The van der Waals surface area contributed by atoms with E-state index in [9.17, 15) is 8.78 Å². The molecule has 1 aromatic heterocycles. The van der Waals surface area contributed by atoms with E-state index in [1.54, 1.807) is 4.57 Å². The maximum atomic E-state index is 13.9. The van der Waals surface area contributed by atoms with Crippen molar-refractivity contribution < 1.29 is 8.78 Å². The minimum Gasteiger partial charge on any atom is -0.369 e. The molecule has 0 radical (unpaired) electrons. The lowest BCUT2D eigenvalue weighted by Crippen LogP contribution is -2.28. The van der Waals surface area contributed by atoms with Gasteiger partial charge in [0.2, 0.25) is 5.95 Å². The van der Waals surface area contributed by atoms with Gasteiger partial charge in [-0.2, -0.15) is 0 Å². The maximum absolute atomic E-state index is 13.9. The van der Waals surface area contributed by atoms with Gasteiger partial charge in [-0.1, -0.05) is 0 Å². The second-order valence-corrected chi connectivity index (χ2v) is 5.28. The van der Waals surface area contributed by atoms with E-state index in [0.29, 0.717) is 18.1 Å². The standard InChI is InChI=1S/C14H20F2N4/c1-9(2)19(3)7-4-8-20-13-11(18-14(20)17)6-5-10(15)12(13)16/h5-6,9H,4,7-8H2,1-3H3,(H2,17,18). The van der Waals surface area contributed by atoms with Gasteiger partial charge < -0.3 is 15.2 Å². The fraction of sp³-hybridized carbons (Fsp3) is 0.500. The molecule has 4 nitrogen and oxygen atoms in total. The molecule has 1 heterocycles. The highest BCUT2D eigenvalue weighted by molar-refractivity contribution is 5.79. The van der Waals surface area contributed by atoms with Gasteiger partial charge in [0, 0.05) is 12.6 Å². The fourth-order valence-corrected chi connectivity index (χ4v) is 2.14. The molecule has 2 N–H and O–H groups in total. The second kappa shape index (κ2) is 5.75. The molecule has 0 saturated carbocycles. The third-order valence-corrected chi connectivity index (χ3v) is 3.60. The van der Waals surface area contributed by atoms with Gasteiger partial charge in [0.25, 0.3) is 0 Å². The van der Waals surface area contributed by atoms with Crippen molar-refractivity contribution in [2.75, 3.05) is 19.3 Å². The molecule has 0 aliphatic rings. The maximum Gasteiger partial charge on any atom is 0.201 e. The Hall–Kier alpha value is -1.69. The number of halogens is 2. The SMILES string of the molecule is CC(C)N(C)CCCn1c(N)nc2ccc(F)c(F)c21. The van der Waals surface area contributed by atoms with Crippen molar-refractivity contribution in [2.45, 2.75) is 32.9 Å². The Bertz CT molecular complexity index is 607. The number of rotatable bonds is 5. The number of aromatic nitrogens is 2. The molecule has 0 aliphatic carbocycles. The first-order chi connectivity index (χ1) is 9.41. The predicted octanol–water partition coefficient (Wildman–Crippen LogP) is 2.63. The number of nitrogens with zero attached hydrogens (tertiary/aromatic N) is 3. The number of aryl methyl sites for hydroxylation is 1. The molecule has 0 fully saturated rings. The van der Waals surface area contributed by atoms with Crippen LogP contribution in [-0.2, 0) is 6.54 Å². The topological polar surface area (TPSA) is 47.1 Å². The zero-order chi connectivity index (χ0) is 14.9. The molecular weight excluding hydrogens is 262 g/mol. The van der Waals surface area contributed by atoms with Gasteiger partial charge in [-0.3, -0.25) is 0 Å². The van der Waals surface area contributed by atoms with E-state index in [0.717, 1.165) is 19.0 Å². The van der Waals surface area contributed by atoms with E-state index in [1.807, 2.05) is 7.05 Å². The number of hydrogen-bond donors (Lipinski definition) is 1. The van der Waals surface area contributed by atoms with Gasteiger partial charge in [0.1, 0.15) is 5.52 Å². The zero-order valence-electron chi connectivity index (χ0n) is 12.0. The number of nitrogen functional groups attached to an aromatic ring is 1. The molecule has 0 unspecified atom stereocenters. The largest absolute Gasteiger partial charge is 0.369 e. The Morgan fingerprint density at radius 3 is 2.70 bits per heavy atom. The Kier molecular flexibility index (Phi) is 4.23. The summed E-state index contributed by atoms with van der Waals surface area (Å²) in [6.45, 7) is 5.58. The molecule has 20 heavy (non-hydrogen) atoms. The number of imidazole rings is 1. The lowest BCUT2D eigenvalue weighted by molar-refractivity contribution is 0.266. The summed E-state index contributed by atoms with van der Waals surface area (Å²) in [5.41, 5.74) is 6.33. The highest BCUT2D eigenvalue weighted by Crippen LogP contribution is 2.23. The minimum absolute atomic E-state index is 0.148. The highest BCUT2D eigenvalue weighted by atomic mass is 19.2. The molecule has 6 heteroatoms. The lowest BCUT2D eigenvalue weighted by atomic mass is 10.2. The summed E-state index contributed by atoms with van der Waals surface area (Å²) in [7, 11) is 2.03. The molecule has 0 atom stereocenters. The quantitative estimate of drug-likeness (QED) is 0.917. The van der Waals surface area contributed by atoms with E-state index < -0.39 is 11.6 Å². The van der Waals surface area contributed by atoms with Gasteiger partial charge >= 0.3 is 0 Å². The summed E-state index contributed by atoms with van der Waals surface area (Å²) < 4.78 is 28.8. The monoisotopic (exact) mass is 282 g/mol. The molecule has 0 spiro atoms. The average molecular weight is 282 g/mol. The van der Waals surface area contributed by atoms with Gasteiger partial charge in [0.15, 0.2) is 11.6 Å². The van der Waals surface area contributed by atoms with Crippen LogP contribution < -0.4 is 5.73 Å². The number of hydrogen-bond acceptors (Lipinski definition) is 3. The summed E-state index contributed by atoms with van der Waals surface area (Å²) in [6.07, 6.45) is 0.792. The van der Waals surface area contributed by atoms with E-state index >= 15 is 0 Å². The van der Waals surface area contributed by atoms with Crippen LogP contribution in [0, 0.1) is 11.6 Å². The van der Waals surface area contributed by atoms with Crippen molar-refractivity contribution in [1.29, 1.82) is 0 Å². The van der Waals surface area contributed by atoms with Crippen molar-refractivity contribution in [3.05, 3.63) is 23.8 Å². The Balaban J connectivity index is 2.21. The van der Waals surface area contributed by atoms with Crippen molar-refractivity contribution >= 4 is 17.0 Å². The summed E-state index contributed by atoms with van der Waals surface area (Å²) in [5.74, 6) is -1.54. The van der Waals surface area contributed by atoms with Crippen molar-refractivity contribution in [2.24, 2.45) is 0 Å². The zero-order valence-corrected chi connectivity index (χ0v) is 12.0. The molecule has 110 valence electrons. The van der Waals surface area contributed by atoms with Crippen LogP contribution in [0.4, 0.5) is 14.7 Å². The van der Waals surface area contributed by atoms with Crippen LogP contribution in [0.3, 0.4) is 0 Å². The second-order valence-electron chi connectivity index (χ2n) is 5.28. The van der Waals surface area contributed by atoms with Crippen molar-refractivity contribution in [3.8, 4) is 0 Å². The lowest BCUT2D eigenvalue weighted by Gasteiger charge is -2.21. The molecule has 0 aliphatic heterocycles. The van der Waals surface area contributed by atoms with Gasteiger partial charge in [0.05, 0.1) is 5.52 Å². The molecule has 1 aromatic carbocycles. The normalized spacial score (nSPS) is 11.9. The molecule has 0 bridgehead atoms. The molecular formula is C14H20F2N4. The van der Waals surface area contributed by atoms with Crippen molar-refractivity contribution in [1.82, 2.24) is 14.5 Å². The Morgan fingerprint density at radius 2 is 2.05 bits per heavy atom. The van der Waals surface area contributed by atoms with Gasteiger partial charge in [-0.05, 0) is 46.0 Å². The van der Waals surface area contributed by atoms with Crippen LogP contribution in [0.15, 0.2) is 12.1 Å². The molecule has 0 saturated heterocycles. The predicted molar refractivity (Wildman–Crippen MR) is 76.4 cm³/mol. The Labute approximate surface area is 117 Å². The third-order valence-electron chi connectivity index (χ3n) is 3.60. The van der Waals surface area contributed by atoms with Crippen LogP contribution in [0.5, 0.6) is 0 Å². The first-order valence-electron chi connectivity index (χ1n) is 6.71. The van der Waals surface area contributed by atoms with Gasteiger partial charge in [-0.15, -0.1) is 0 Å². The summed E-state index contributed by atoms with van der Waals surface area (Å²) in [4.78, 5) is 6.26. The van der Waals surface area contributed by atoms with Gasteiger partial charge in [-0.25, -0.2) is 13.8 Å². The van der Waals surface area contributed by atoms with Crippen LogP contribution in [-0.4, -0.2) is 34.1 Å². The summed E-state index contributed by atoms with van der Waals surface area (Å²) in [6, 6.07) is 2.96. The highest BCUT2D eigenvalue weighted by Gasteiger charge is 2.16. The smallest absolute Gasteiger partial charge is 0.201 e. The van der Waals surface area contributed by atoms with Crippen LogP contribution in [0.2, 0.25) is 0 Å². The first kappa shape index (κ1) is 14.7.